The van der Waals surface area contributed by atoms with Gasteiger partial charge in [-0.15, -0.1) is 11.8 Å². The fourth-order valence-corrected chi connectivity index (χ4v) is 1.02. The van der Waals surface area contributed by atoms with E-state index in [1.54, 1.807) is 6.92 Å². The molecule has 0 aliphatic rings. The number of carbonyl (C=O) groups excluding carboxylic acids is 1. The van der Waals surface area contributed by atoms with Gasteiger partial charge in [0, 0.05) is 0 Å². The van der Waals surface area contributed by atoms with E-state index in [1.807, 2.05) is 0 Å². The third kappa shape index (κ3) is 6.41. The molecule has 0 fully saturated rings. The highest BCUT2D eigenvalue weighted by Gasteiger charge is 2.15. The van der Waals surface area contributed by atoms with Crippen LogP contribution in [0.4, 0.5) is 0 Å². The Balaban J connectivity index is 3.68. The molecule has 0 aromatic rings. The monoisotopic (exact) mass is 208 g/mol. The smallest absolute Gasteiger partial charge is 0.335 e. The highest BCUT2D eigenvalue weighted by Crippen LogP contribution is 2.11. The van der Waals surface area contributed by atoms with Gasteiger partial charge in [-0.1, -0.05) is 0 Å². The molecule has 0 rings (SSSR count). The van der Waals surface area contributed by atoms with Crippen molar-refractivity contribution in [2.45, 2.75) is 25.4 Å². The second-order valence-electron chi connectivity index (χ2n) is 2.39. The lowest BCUT2D eigenvalue weighted by Crippen LogP contribution is -2.23. The first-order valence-corrected chi connectivity index (χ1v) is 4.70. The number of aliphatic hydroxyl groups excluding tert-OH is 1. The summed E-state index contributed by atoms with van der Waals surface area (Å²) in [5.74, 6) is -1.84. The van der Waals surface area contributed by atoms with Gasteiger partial charge in [0.2, 0.25) is 0 Å². The van der Waals surface area contributed by atoms with Gasteiger partial charge in [0.1, 0.15) is 11.5 Å². The molecule has 6 heteroatoms. The number of carboxylic acids is 1. The Kier molecular flexibility index (Phi) is 5.48. The van der Waals surface area contributed by atoms with E-state index in [0.29, 0.717) is 0 Å². The summed E-state index contributed by atoms with van der Waals surface area (Å²) in [7, 11) is 0. The Labute approximate surface area is 80.1 Å². The summed E-state index contributed by atoms with van der Waals surface area (Å²) in [6, 6.07) is 0. The molecule has 2 N–H and O–H groups in total. The quantitative estimate of drug-likeness (QED) is 0.491. The van der Waals surface area contributed by atoms with Crippen LogP contribution in [0.2, 0.25) is 0 Å². The van der Waals surface area contributed by atoms with Gasteiger partial charge >= 0.3 is 11.9 Å². The van der Waals surface area contributed by atoms with Gasteiger partial charge in [0.25, 0.3) is 0 Å². The minimum Gasteiger partial charge on any atom is -0.481 e. The Hall–Kier alpha value is -0.750. The first-order valence-electron chi connectivity index (χ1n) is 3.65. The van der Waals surface area contributed by atoms with E-state index in [2.05, 4.69) is 4.74 Å². The lowest BCUT2D eigenvalue weighted by molar-refractivity contribution is -0.153. The number of rotatable bonds is 5. The molecule has 0 bridgehead atoms. The van der Waals surface area contributed by atoms with Crippen LogP contribution in [0.3, 0.4) is 0 Å². The molecule has 2 atom stereocenters. The van der Waals surface area contributed by atoms with Crippen molar-refractivity contribution in [2.75, 3.05) is 5.75 Å². The number of thioether (sulfide) groups is 1. The molecule has 0 saturated heterocycles. The topological polar surface area (TPSA) is 83.8 Å². The van der Waals surface area contributed by atoms with E-state index < -0.39 is 23.5 Å². The molecule has 13 heavy (non-hydrogen) atoms. The van der Waals surface area contributed by atoms with Crippen LogP contribution in [0.5, 0.6) is 0 Å². The molecular weight excluding hydrogens is 196 g/mol. The second kappa shape index (κ2) is 5.82. The molecule has 0 radical (unpaired) electrons. The predicted octanol–water partition coefficient (Wildman–Crippen LogP) is 0.0742. The maximum atomic E-state index is 10.8. The molecule has 5 nitrogen and oxygen atoms in total. The Morgan fingerprint density at radius 3 is 2.38 bits per heavy atom. The summed E-state index contributed by atoms with van der Waals surface area (Å²) in [5, 5.41) is 17.0. The first-order chi connectivity index (χ1) is 5.93. The van der Waals surface area contributed by atoms with Crippen LogP contribution in [0, 0.1) is 0 Å². The summed E-state index contributed by atoms with van der Waals surface area (Å²) < 4.78 is 4.67. The van der Waals surface area contributed by atoms with Crippen molar-refractivity contribution < 1.29 is 24.5 Å². The van der Waals surface area contributed by atoms with Crippen LogP contribution < -0.4 is 0 Å². The fraction of sp³-hybridized carbons (Fsp3) is 0.714. The maximum absolute atomic E-state index is 10.8. The van der Waals surface area contributed by atoms with Crippen molar-refractivity contribution in [3.8, 4) is 0 Å². The van der Waals surface area contributed by atoms with Crippen LogP contribution in [-0.4, -0.2) is 39.4 Å². The molecule has 76 valence electrons. The van der Waals surface area contributed by atoms with Crippen LogP contribution in [-0.2, 0) is 14.3 Å². The van der Waals surface area contributed by atoms with Gasteiger partial charge in [-0.3, -0.25) is 4.79 Å². The van der Waals surface area contributed by atoms with Crippen molar-refractivity contribution in [1.82, 2.24) is 0 Å². The van der Waals surface area contributed by atoms with Gasteiger partial charge in [-0.2, -0.15) is 0 Å². The number of carboxylic acid groups (broad SMARTS) is 1. The molecule has 0 aliphatic heterocycles. The molecule has 0 aromatic heterocycles. The van der Waals surface area contributed by atoms with Crippen molar-refractivity contribution >= 4 is 23.7 Å². The largest absolute Gasteiger partial charge is 0.481 e. The van der Waals surface area contributed by atoms with Crippen LogP contribution in [0.15, 0.2) is 0 Å². The Morgan fingerprint density at radius 1 is 1.46 bits per heavy atom. The van der Waals surface area contributed by atoms with Crippen molar-refractivity contribution in [1.29, 1.82) is 0 Å². The van der Waals surface area contributed by atoms with E-state index >= 15 is 0 Å². The van der Waals surface area contributed by atoms with E-state index in [4.69, 9.17) is 10.2 Å². The maximum Gasteiger partial charge on any atom is 0.335 e. The molecule has 0 heterocycles. The van der Waals surface area contributed by atoms with E-state index in [9.17, 15) is 9.59 Å². The lowest BCUT2D eigenvalue weighted by atomic mass is 10.4. The number of carbonyl (C=O) groups is 2. The van der Waals surface area contributed by atoms with Crippen LogP contribution in [0.1, 0.15) is 13.8 Å². The molecule has 2 unspecified atom stereocenters. The second-order valence-corrected chi connectivity index (χ2v) is 3.67. The zero-order valence-electron chi connectivity index (χ0n) is 7.39. The van der Waals surface area contributed by atoms with Crippen LogP contribution >= 0.6 is 11.8 Å². The third-order valence-corrected chi connectivity index (χ3v) is 2.04. The SMILES string of the molecule is CC(OC(=O)C(C)O)SCC(=O)O. The molecule has 0 saturated carbocycles. The average Bonchev–Trinajstić information content (AvgIpc) is 2.00. The highest BCUT2D eigenvalue weighted by molar-refractivity contribution is 8.00. The van der Waals surface area contributed by atoms with Gasteiger partial charge in [-0.05, 0) is 13.8 Å². The lowest BCUT2D eigenvalue weighted by Gasteiger charge is -2.12. The molecule has 0 aliphatic carbocycles. The standard InChI is InChI=1S/C7H12O5S/c1-4(8)7(11)12-5(2)13-3-6(9)10/h4-5,8H,3H2,1-2H3,(H,9,10). The Morgan fingerprint density at radius 2 is 2.00 bits per heavy atom. The normalized spacial score (nSPS) is 14.7. The summed E-state index contributed by atoms with van der Waals surface area (Å²) >= 11 is 0.977. The molecular formula is C7H12O5S. The number of aliphatic hydroxyl groups is 1. The van der Waals surface area contributed by atoms with Gasteiger partial charge in [0.05, 0.1) is 5.75 Å². The van der Waals surface area contributed by atoms with Gasteiger partial charge < -0.3 is 14.9 Å². The fourth-order valence-electron chi connectivity index (χ4n) is 0.485. The first kappa shape index (κ1) is 12.2. The third-order valence-electron chi connectivity index (χ3n) is 1.06. The number of hydrogen-bond acceptors (Lipinski definition) is 5. The van der Waals surface area contributed by atoms with Crippen LogP contribution in [0.25, 0.3) is 0 Å². The Bertz CT molecular complexity index is 191. The van der Waals surface area contributed by atoms with E-state index in [0.717, 1.165) is 11.8 Å². The highest BCUT2D eigenvalue weighted by atomic mass is 32.2. The molecule has 0 spiro atoms. The zero-order chi connectivity index (χ0) is 10.4. The summed E-state index contributed by atoms with van der Waals surface area (Å²) in [6.07, 6.45) is -1.17. The minimum absolute atomic E-state index is 0.131. The molecule has 0 amide bonds. The van der Waals surface area contributed by atoms with Crippen molar-refractivity contribution in [2.24, 2.45) is 0 Å². The summed E-state index contributed by atoms with van der Waals surface area (Å²) in [6.45, 7) is 2.84. The average molecular weight is 208 g/mol. The van der Waals surface area contributed by atoms with Crippen molar-refractivity contribution in [3.05, 3.63) is 0 Å². The summed E-state index contributed by atoms with van der Waals surface area (Å²) in [5.41, 5.74) is -0.557. The van der Waals surface area contributed by atoms with E-state index in [-0.39, 0.29) is 5.75 Å². The number of ether oxygens (including phenoxy) is 1. The van der Waals surface area contributed by atoms with E-state index in [1.165, 1.54) is 6.92 Å². The summed E-state index contributed by atoms with van der Waals surface area (Å²) in [4.78, 5) is 20.9. The number of aliphatic carboxylic acids is 1. The van der Waals surface area contributed by atoms with Gasteiger partial charge in [-0.25, -0.2) is 4.79 Å². The van der Waals surface area contributed by atoms with Crippen molar-refractivity contribution in [3.63, 3.8) is 0 Å². The predicted molar refractivity (Wildman–Crippen MR) is 47.3 cm³/mol. The van der Waals surface area contributed by atoms with Gasteiger partial charge in [0.15, 0.2) is 0 Å². The zero-order valence-corrected chi connectivity index (χ0v) is 8.21. The minimum atomic E-state index is -1.17. The number of esters is 1. The number of hydrogen-bond donors (Lipinski definition) is 2. The molecule has 0 aromatic carbocycles.